The van der Waals surface area contributed by atoms with Crippen molar-refractivity contribution in [3.8, 4) is 0 Å². The quantitative estimate of drug-likeness (QED) is 0.0366. The molecule has 2 aromatic carbocycles. The summed E-state index contributed by atoms with van der Waals surface area (Å²) in [5, 5.41) is 27.1. The number of hydrogen-bond acceptors (Lipinski definition) is 13. The minimum Gasteiger partial charge on any atom is -0.480 e. The van der Waals surface area contributed by atoms with Gasteiger partial charge >= 0.3 is 24.1 Å². The van der Waals surface area contributed by atoms with E-state index in [2.05, 4.69) is 101 Å². The zero-order valence-electron chi connectivity index (χ0n) is 46.1. The number of alkyl carbamates (subject to hydrolysis) is 1. The number of carboxylic acids is 1. The van der Waals surface area contributed by atoms with Crippen LogP contribution in [0.2, 0.25) is 0 Å². The molecule has 77 heavy (non-hydrogen) atoms. The minimum absolute atomic E-state index is 0. The molecular formula is C54H78I3N9O8S3. The summed E-state index contributed by atoms with van der Waals surface area (Å²) in [5.41, 5.74) is 4.98. The Labute approximate surface area is 508 Å². The minimum atomic E-state index is -1.13. The van der Waals surface area contributed by atoms with Crippen molar-refractivity contribution < 1.29 is 38.6 Å². The Morgan fingerprint density at radius 3 is 1.52 bits per heavy atom. The molecule has 5 N–H and O–H groups in total. The van der Waals surface area contributed by atoms with Gasteiger partial charge < -0.3 is 45.6 Å². The van der Waals surface area contributed by atoms with Gasteiger partial charge in [-0.1, -0.05) is 102 Å². The van der Waals surface area contributed by atoms with E-state index in [4.69, 9.17) is 9.47 Å². The fourth-order valence-electron chi connectivity index (χ4n) is 7.58. The molecule has 17 nitrogen and oxygen atoms in total. The molecule has 5 aromatic rings. The first kappa shape index (κ1) is 69.3. The van der Waals surface area contributed by atoms with E-state index in [1.807, 2.05) is 106 Å². The molecule has 1 unspecified atom stereocenters. The fraction of sp³-hybridized carbons (Fsp3) is 0.519. The third-order valence-corrected chi connectivity index (χ3v) is 14.6. The average molecular weight is 1460 g/mol. The first-order valence-electron chi connectivity index (χ1n) is 25.1. The lowest BCUT2D eigenvalue weighted by Gasteiger charge is -2.30. The molecule has 0 bridgehead atoms. The predicted octanol–water partition coefficient (Wildman–Crippen LogP) is 12.4. The number of carbonyl (C=O) groups excluding carboxylic acids is 4. The van der Waals surface area contributed by atoms with Gasteiger partial charge in [0.15, 0.2) is 6.04 Å². The highest BCUT2D eigenvalue weighted by Gasteiger charge is 2.32. The molecular weight excluding hydrogens is 1380 g/mol. The molecule has 0 saturated carbocycles. The van der Waals surface area contributed by atoms with Crippen LogP contribution in [0.25, 0.3) is 0 Å². The zero-order valence-corrected chi connectivity index (χ0v) is 55.2. The largest absolute Gasteiger partial charge is 0.480 e. The van der Waals surface area contributed by atoms with E-state index in [1.165, 1.54) is 16.2 Å². The molecule has 0 saturated heterocycles. The van der Waals surface area contributed by atoms with Gasteiger partial charge in [-0.2, -0.15) is 0 Å². The SMILES string of the molecule is CC(C)c1nc(CN(C)C(=O)N[C@@H](C(=O)N[C@H](CC[C@H](Cc2ccccc2)NC(=O)OCc2cncs2)Cc2ccccc2)C(C)C)cs1.CC(C)c1nc(CN(C)C(=O)N[C@@H](C(=O)O)C(C)OC(C)(C)C)cs1.I.II. The smallest absolute Gasteiger partial charge is 0.407 e. The van der Waals surface area contributed by atoms with Crippen LogP contribution in [0.3, 0.4) is 0 Å². The molecule has 0 fully saturated rings. The van der Waals surface area contributed by atoms with Crippen molar-refractivity contribution in [2.24, 2.45) is 5.92 Å². The standard InChI is InChI=1S/C37H48N6O4S2.C17H29N3O4S.I2.HI/c1-25(2)33(42-36(45)43(5)21-31-23-48-35(40-31)26(3)4)34(44)39-29(18-27-12-8-6-9-13-27)16-17-30(19-28-14-10-7-11-15-28)41-37(46)47-22-32-20-38-24-49-32;1-10(2)14-18-12(9-25-14)8-20(7)16(23)19-13(15(21)22)11(3)24-17(4,5)6;1-2;/h6-15,20,23-26,29-30,33H,16-19,21-22H2,1-5H3,(H,39,44)(H,41,46)(H,42,45);9-11,13H,8H2,1-7H3,(H,19,23)(H,21,22);;1H/t29-,30-,33-;11?,13-;;/m11../s1. The van der Waals surface area contributed by atoms with Crippen LogP contribution in [0.1, 0.15) is 131 Å². The summed E-state index contributed by atoms with van der Waals surface area (Å²) in [6.07, 6.45) is 2.91. The summed E-state index contributed by atoms with van der Waals surface area (Å²) in [7, 11) is 3.32. The molecule has 0 aliphatic heterocycles. The Bertz CT molecular complexity index is 2500. The number of thiazole rings is 3. The number of nitrogens with zero attached hydrogens (tertiary/aromatic N) is 5. The lowest BCUT2D eigenvalue weighted by molar-refractivity contribution is -0.146. The van der Waals surface area contributed by atoms with Crippen molar-refractivity contribution in [1.29, 1.82) is 0 Å². The molecule has 3 aromatic heterocycles. The fourth-order valence-corrected chi connectivity index (χ4v) is 9.74. The van der Waals surface area contributed by atoms with E-state index < -0.39 is 41.9 Å². The predicted molar refractivity (Wildman–Crippen MR) is 337 cm³/mol. The molecule has 6 amide bonds. The number of carbonyl (C=O) groups is 5. The summed E-state index contributed by atoms with van der Waals surface area (Å²) in [5.74, 6) is -0.866. The third kappa shape index (κ3) is 26.4. The van der Waals surface area contributed by atoms with Gasteiger partial charge in [-0.3, -0.25) is 9.78 Å². The van der Waals surface area contributed by atoms with Gasteiger partial charge in [0.05, 0.1) is 56.6 Å². The van der Waals surface area contributed by atoms with Gasteiger partial charge in [0.2, 0.25) is 5.91 Å². The second-order valence-corrected chi connectivity index (χ2v) is 23.0. The first-order chi connectivity index (χ1) is 36.0. The van der Waals surface area contributed by atoms with E-state index in [0.29, 0.717) is 50.6 Å². The number of amides is 6. The number of ether oxygens (including phenoxy) is 2. The molecule has 23 heteroatoms. The average Bonchev–Trinajstić information content (AvgIpc) is 4.18. The highest BCUT2D eigenvalue weighted by Crippen LogP contribution is 2.22. The highest BCUT2D eigenvalue weighted by atomic mass is 128. The summed E-state index contributed by atoms with van der Waals surface area (Å²) in [6, 6.07) is 16.8. The van der Waals surface area contributed by atoms with E-state index in [-0.39, 0.29) is 60.5 Å². The third-order valence-electron chi connectivity index (χ3n) is 11.4. The van der Waals surface area contributed by atoms with E-state index in [9.17, 15) is 29.1 Å². The Balaban J connectivity index is 0.000000611. The molecule has 5 rings (SSSR count). The number of benzene rings is 2. The van der Waals surface area contributed by atoms with Crippen molar-refractivity contribution in [2.75, 3.05) is 14.1 Å². The van der Waals surface area contributed by atoms with Gasteiger partial charge in [0.25, 0.3) is 0 Å². The lowest BCUT2D eigenvalue weighted by atomic mass is 9.95. The normalized spacial score (nSPS) is 13.0. The number of rotatable bonds is 24. The summed E-state index contributed by atoms with van der Waals surface area (Å²) >= 11 is 8.82. The lowest BCUT2D eigenvalue weighted by Crippen LogP contribution is -2.54. The molecule has 0 spiro atoms. The van der Waals surface area contributed by atoms with Crippen LogP contribution in [-0.4, -0.2) is 110 Å². The van der Waals surface area contributed by atoms with Crippen LogP contribution < -0.4 is 21.3 Å². The van der Waals surface area contributed by atoms with Gasteiger partial charge in [0, 0.05) is 92.2 Å². The number of carboxylic acid groups (broad SMARTS) is 1. The summed E-state index contributed by atoms with van der Waals surface area (Å²) in [6.45, 7) is 20.1. The number of hydrogen-bond donors (Lipinski definition) is 5. The Hall–Kier alpha value is -3.77. The van der Waals surface area contributed by atoms with Crippen LogP contribution in [-0.2, 0) is 51.6 Å². The summed E-state index contributed by atoms with van der Waals surface area (Å²) < 4.78 is 11.2. The van der Waals surface area contributed by atoms with Gasteiger partial charge in [-0.25, -0.2) is 29.1 Å². The Morgan fingerprint density at radius 2 is 1.13 bits per heavy atom. The van der Waals surface area contributed by atoms with Crippen LogP contribution >= 0.6 is 95.2 Å². The molecule has 426 valence electrons. The number of aliphatic carboxylic acids is 1. The van der Waals surface area contributed by atoms with Crippen LogP contribution in [0, 0.1) is 5.92 Å². The van der Waals surface area contributed by atoms with Crippen molar-refractivity contribution in [3.63, 3.8) is 0 Å². The maximum atomic E-state index is 13.8. The van der Waals surface area contributed by atoms with Crippen molar-refractivity contribution >= 4 is 125 Å². The van der Waals surface area contributed by atoms with E-state index >= 15 is 0 Å². The van der Waals surface area contributed by atoms with Crippen LogP contribution in [0.4, 0.5) is 14.4 Å². The number of nitrogens with one attached hydrogen (secondary N) is 4. The molecule has 0 aliphatic carbocycles. The van der Waals surface area contributed by atoms with E-state index in [0.717, 1.165) is 37.4 Å². The maximum absolute atomic E-state index is 13.8. The molecule has 0 aliphatic rings. The van der Waals surface area contributed by atoms with Crippen molar-refractivity contribution in [3.05, 3.63) is 121 Å². The second kappa shape index (κ2) is 35.8. The van der Waals surface area contributed by atoms with Crippen LogP contribution in [0.15, 0.2) is 83.1 Å². The second-order valence-electron chi connectivity index (χ2n) is 20.3. The van der Waals surface area contributed by atoms with Crippen molar-refractivity contribution in [1.82, 2.24) is 46.0 Å². The highest BCUT2D eigenvalue weighted by molar-refractivity contribution is 15.0. The Kier molecular flexibility index (Phi) is 32.2. The first-order valence-corrected chi connectivity index (χ1v) is 34.1. The molecule has 3 heterocycles. The Morgan fingerprint density at radius 1 is 0.675 bits per heavy atom. The zero-order chi connectivity index (χ0) is 56.5. The van der Waals surface area contributed by atoms with Gasteiger partial charge in [-0.15, -0.1) is 58.0 Å². The van der Waals surface area contributed by atoms with Crippen molar-refractivity contribution in [2.45, 2.75) is 162 Å². The monoisotopic (exact) mass is 1460 g/mol. The number of urea groups is 2. The number of halogens is 3. The van der Waals surface area contributed by atoms with Gasteiger partial charge in [0.1, 0.15) is 12.6 Å². The summed E-state index contributed by atoms with van der Waals surface area (Å²) in [4.78, 5) is 80.8. The molecule has 5 atom stereocenters. The van der Waals surface area contributed by atoms with Gasteiger partial charge in [-0.05, 0) is 70.4 Å². The number of aromatic nitrogens is 3. The van der Waals surface area contributed by atoms with Crippen LogP contribution in [0.5, 0.6) is 0 Å². The maximum Gasteiger partial charge on any atom is 0.407 e. The van der Waals surface area contributed by atoms with E-state index in [1.54, 1.807) is 60.3 Å². The topological polar surface area (TPSA) is 217 Å². The molecule has 0 radical (unpaired) electrons.